The van der Waals surface area contributed by atoms with Crippen molar-refractivity contribution >= 4 is 11.6 Å². The zero-order chi connectivity index (χ0) is 11.4. The van der Waals surface area contributed by atoms with Gasteiger partial charge in [-0.3, -0.25) is 4.79 Å². The van der Waals surface area contributed by atoms with Crippen LogP contribution >= 0.6 is 0 Å². The molecule has 0 spiro atoms. The van der Waals surface area contributed by atoms with Crippen LogP contribution in [0.5, 0.6) is 5.75 Å². The summed E-state index contributed by atoms with van der Waals surface area (Å²) in [5, 5.41) is 11.9. The molecule has 82 valence electrons. The maximum atomic E-state index is 11.6. The molecule has 0 heterocycles. The second-order valence-electron chi connectivity index (χ2n) is 3.69. The molecule has 0 aromatic heterocycles. The van der Waals surface area contributed by atoms with Gasteiger partial charge in [0.1, 0.15) is 5.75 Å². The third-order valence-electron chi connectivity index (χ3n) is 2.32. The van der Waals surface area contributed by atoms with E-state index < -0.39 is 0 Å². The van der Waals surface area contributed by atoms with E-state index in [2.05, 4.69) is 5.32 Å². The van der Waals surface area contributed by atoms with Crippen LogP contribution in [-0.2, 0) is 4.79 Å². The normalized spacial score (nSPS) is 14.3. The number of amides is 1. The van der Waals surface area contributed by atoms with Crippen LogP contribution in [0.2, 0.25) is 0 Å². The SMILES string of the molecule is CC(N)C(C)C(=O)Nc1cccc(O)c1. The van der Waals surface area contributed by atoms with Gasteiger partial charge in [0, 0.05) is 17.8 Å². The molecule has 0 aliphatic rings. The number of benzene rings is 1. The van der Waals surface area contributed by atoms with E-state index in [1.54, 1.807) is 32.0 Å². The van der Waals surface area contributed by atoms with Crippen molar-refractivity contribution in [1.82, 2.24) is 0 Å². The van der Waals surface area contributed by atoms with E-state index in [0.29, 0.717) is 5.69 Å². The Morgan fingerprint density at radius 1 is 1.47 bits per heavy atom. The molecular weight excluding hydrogens is 192 g/mol. The number of rotatable bonds is 3. The fourth-order valence-electron chi connectivity index (χ4n) is 1.08. The van der Waals surface area contributed by atoms with Crippen molar-refractivity contribution in [3.63, 3.8) is 0 Å². The van der Waals surface area contributed by atoms with Crippen LogP contribution in [0.15, 0.2) is 24.3 Å². The molecule has 1 amide bonds. The molecule has 0 bridgehead atoms. The second-order valence-corrected chi connectivity index (χ2v) is 3.69. The highest BCUT2D eigenvalue weighted by atomic mass is 16.3. The minimum absolute atomic E-state index is 0.126. The van der Waals surface area contributed by atoms with Crippen molar-refractivity contribution in [2.24, 2.45) is 11.7 Å². The maximum Gasteiger partial charge on any atom is 0.228 e. The number of nitrogens with one attached hydrogen (secondary N) is 1. The molecule has 0 saturated heterocycles. The fourth-order valence-corrected chi connectivity index (χ4v) is 1.08. The van der Waals surface area contributed by atoms with Crippen LogP contribution in [0.3, 0.4) is 0 Å². The molecule has 1 aromatic carbocycles. The molecular formula is C11H16N2O2. The van der Waals surface area contributed by atoms with Crippen LogP contribution in [0.25, 0.3) is 0 Å². The van der Waals surface area contributed by atoms with E-state index in [0.717, 1.165) is 0 Å². The molecule has 4 nitrogen and oxygen atoms in total. The number of hydrogen-bond acceptors (Lipinski definition) is 3. The Morgan fingerprint density at radius 3 is 2.67 bits per heavy atom. The van der Waals surface area contributed by atoms with Gasteiger partial charge in [-0.05, 0) is 19.1 Å². The van der Waals surface area contributed by atoms with Crippen molar-refractivity contribution in [2.75, 3.05) is 5.32 Å². The van der Waals surface area contributed by atoms with Gasteiger partial charge >= 0.3 is 0 Å². The zero-order valence-electron chi connectivity index (χ0n) is 8.90. The molecule has 0 fully saturated rings. The number of phenols is 1. The smallest absolute Gasteiger partial charge is 0.228 e. The lowest BCUT2D eigenvalue weighted by molar-refractivity contribution is -0.119. The molecule has 4 heteroatoms. The predicted octanol–water partition coefficient (Wildman–Crippen LogP) is 1.31. The van der Waals surface area contributed by atoms with Crippen molar-refractivity contribution < 1.29 is 9.90 Å². The summed E-state index contributed by atoms with van der Waals surface area (Å²) in [4.78, 5) is 11.6. The predicted molar refractivity (Wildman–Crippen MR) is 59.5 cm³/mol. The number of aromatic hydroxyl groups is 1. The van der Waals surface area contributed by atoms with Gasteiger partial charge in [-0.1, -0.05) is 13.0 Å². The lowest BCUT2D eigenvalue weighted by Gasteiger charge is -2.15. The van der Waals surface area contributed by atoms with Crippen LogP contribution in [-0.4, -0.2) is 17.1 Å². The van der Waals surface area contributed by atoms with Gasteiger partial charge in [0.25, 0.3) is 0 Å². The Labute approximate surface area is 89.1 Å². The number of hydrogen-bond donors (Lipinski definition) is 3. The molecule has 0 radical (unpaired) electrons. The van der Waals surface area contributed by atoms with Gasteiger partial charge in [-0.2, -0.15) is 0 Å². The maximum absolute atomic E-state index is 11.6. The molecule has 0 aliphatic heterocycles. The Morgan fingerprint density at radius 2 is 2.13 bits per heavy atom. The highest BCUT2D eigenvalue weighted by Crippen LogP contribution is 2.16. The Hall–Kier alpha value is -1.55. The summed E-state index contributed by atoms with van der Waals surface area (Å²) in [6.07, 6.45) is 0. The first kappa shape index (κ1) is 11.5. The van der Waals surface area contributed by atoms with Crippen molar-refractivity contribution in [2.45, 2.75) is 19.9 Å². The Balaban J connectivity index is 2.66. The molecule has 15 heavy (non-hydrogen) atoms. The zero-order valence-corrected chi connectivity index (χ0v) is 8.90. The summed E-state index contributed by atoms with van der Waals surface area (Å²) in [6, 6.07) is 6.23. The van der Waals surface area contributed by atoms with Gasteiger partial charge in [0.2, 0.25) is 5.91 Å². The first-order valence-corrected chi connectivity index (χ1v) is 4.86. The first-order valence-electron chi connectivity index (χ1n) is 4.86. The van der Waals surface area contributed by atoms with Crippen LogP contribution in [0, 0.1) is 5.92 Å². The van der Waals surface area contributed by atoms with Crippen molar-refractivity contribution in [3.8, 4) is 5.75 Å². The van der Waals surface area contributed by atoms with Gasteiger partial charge < -0.3 is 16.2 Å². The highest BCUT2D eigenvalue weighted by Gasteiger charge is 2.16. The van der Waals surface area contributed by atoms with Gasteiger partial charge in [0.15, 0.2) is 0 Å². The van der Waals surface area contributed by atoms with Gasteiger partial charge in [-0.25, -0.2) is 0 Å². The molecule has 0 aliphatic carbocycles. The largest absolute Gasteiger partial charge is 0.508 e. The van der Waals surface area contributed by atoms with E-state index in [-0.39, 0.29) is 23.6 Å². The van der Waals surface area contributed by atoms with E-state index in [9.17, 15) is 9.90 Å². The summed E-state index contributed by atoms with van der Waals surface area (Å²) < 4.78 is 0. The number of anilines is 1. The van der Waals surface area contributed by atoms with E-state index in [1.807, 2.05) is 0 Å². The minimum atomic E-state index is -0.257. The van der Waals surface area contributed by atoms with E-state index >= 15 is 0 Å². The standard InChI is InChI=1S/C11H16N2O2/c1-7(8(2)12)11(15)13-9-4-3-5-10(14)6-9/h3-8,14H,12H2,1-2H3,(H,13,15). The Kier molecular flexibility index (Phi) is 3.68. The molecule has 4 N–H and O–H groups in total. The average Bonchev–Trinajstić information content (AvgIpc) is 2.16. The first-order chi connectivity index (χ1) is 7.00. The van der Waals surface area contributed by atoms with Crippen LogP contribution in [0.4, 0.5) is 5.69 Å². The summed E-state index contributed by atoms with van der Waals surface area (Å²) in [7, 11) is 0. The lowest BCUT2D eigenvalue weighted by atomic mass is 10.0. The molecule has 0 saturated carbocycles. The van der Waals surface area contributed by atoms with Crippen LogP contribution in [0.1, 0.15) is 13.8 Å². The monoisotopic (exact) mass is 208 g/mol. The Bertz CT molecular complexity index is 350. The topological polar surface area (TPSA) is 75.4 Å². The summed E-state index contributed by atoms with van der Waals surface area (Å²) in [5.74, 6) is -0.274. The number of nitrogens with two attached hydrogens (primary N) is 1. The fraction of sp³-hybridized carbons (Fsp3) is 0.364. The number of phenolic OH excluding ortho intramolecular Hbond substituents is 1. The van der Waals surface area contributed by atoms with Crippen molar-refractivity contribution in [1.29, 1.82) is 0 Å². The summed E-state index contributed by atoms with van der Waals surface area (Å²) >= 11 is 0. The third kappa shape index (κ3) is 3.25. The van der Waals surface area contributed by atoms with E-state index in [1.165, 1.54) is 6.07 Å². The van der Waals surface area contributed by atoms with Crippen molar-refractivity contribution in [3.05, 3.63) is 24.3 Å². The quantitative estimate of drug-likeness (QED) is 0.701. The summed E-state index contributed by atoms with van der Waals surface area (Å²) in [6.45, 7) is 3.55. The average molecular weight is 208 g/mol. The van der Waals surface area contributed by atoms with Crippen LogP contribution < -0.4 is 11.1 Å². The number of carbonyl (C=O) groups is 1. The molecule has 2 atom stereocenters. The number of carbonyl (C=O) groups excluding carboxylic acids is 1. The third-order valence-corrected chi connectivity index (χ3v) is 2.32. The lowest BCUT2D eigenvalue weighted by Crippen LogP contribution is -2.34. The molecule has 2 unspecified atom stereocenters. The van der Waals surface area contributed by atoms with Gasteiger partial charge in [0.05, 0.1) is 5.92 Å². The minimum Gasteiger partial charge on any atom is -0.508 e. The highest BCUT2D eigenvalue weighted by molar-refractivity contribution is 5.92. The summed E-state index contributed by atoms with van der Waals surface area (Å²) in [5.41, 5.74) is 6.19. The van der Waals surface area contributed by atoms with Gasteiger partial charge in [-0.15, -0.1) is 0 Å². The van der Waals surface area contributed by atoms with E-state index in [4.69, 9.17) is 5.73 Å². The second kappa shape index (κ2) is 4.79. The molecule has 1 rings (SSSR count). The molecule has 1 aromatic rings.